The molecule has 3 rings (SSSR count). The van der Waals surface area contributed by atoms with Crippen LogP contribution < -0.4 is 0 Å². The van der Waals surface area contributed by atoms with Gasteiger partial charge < -0.3 is 5.11 Å². The van der Waals surface area contributed by atoms with Gasteiger partial charge in [-0.25, -0.2) is 21.1 Å². The van der Waals surface area contributed by atoms with Gasteiger partial charge in [-0.05, 0) is 43.2 Å². The first kappa shape index (κ1) is 18.9. The molecule has 0 aromatic heterocycles. The summed E-state index contributed by atoms with van der Waals surface area (Å²) in [5.74, 6) is -0.229. The topological polar surface area (TPSA) is 91.8 Å². The fourth-order valence-corrected chi connectivity index (χ4v) is 5.65. The maximum absolute atomic E-state index is 12.6. The van der Waals surface area contributed by atoms with Crippen molar-refractivity contribution in [3.63, 3.8) is 0 Å². The summed E-state index contributed by atoms with van der Waals surface area (Å²) in [7, 11) is -6.97. The summed E-state index contributed by atoms with van der Waals surface area (Å²) in [5.41, 5.74) is 0.575. The van der Waals surface area contributed by atoms with Crippen LogP contribution in [0.2, 0.25) is 0 Å². The third-order valence-corrected chi connectivity index (χ3v) is 8.33. The molecular weight excluding hydrogens is 374 g/mol. The molecule has 6 nitrogen and oxygen atoms in total. The molecule has 0 bridgehead atoms. The summed E-state index contributed by atoms with van der Waals surface area (Å²) in [4.78, 5) is 0.175. The number of sulfonamides is 1. The highest BCUT2D eigenvalue weighted by Gasteiger charge is 2.32. The lowest BCUT2D eigenvalue weighted by Crippen LogP contribution is -2.29. The quantitative estimate of drug-likeness (QED) is 0.839. The van der Waals surface area contributed by atoms with Gasteiger partial charge in [0.25, 0.3) is 0 Å². The van der Waals surface area contributed by atoms with Crippen LogP contribution in [0.3, 0.4) is 0 Å². The maximum Gasteiger partial charge on any atom is 0.213 e. The molecule has 140 valence electrons. The van der Waals surface area contributed by atoms with Crippen molar-refractivity contribution in [1.29, 1.82) is 0 Å². The van der Waals surface area contributed by atoms with E-state index in [1.54, 1.807) is 31.2 Å². The highest BCUT2D eigenvalue weighted by molar-refractivity contribution is 7.91. The van der Waals surface area contributed by atoms with E-state index in [4.69, 9.17) is 0 Å². The summed E-state index contributed by atoms with van der Waals surface area (Å²) in [5, 5.41) is 10.4. The summed E-state index contributed by atoms with van der Waals surface area (Å²) < 4.78 is 50.7. The Kier molecular flexibility index (Phi) is 5.09. The van der Waals surface area contributed by atoms with Crippen molar-refractivity contribution >= 4 is 19.9 Å². The minimum absolute atomic E-state index is 0.0148. The largest absolute Gasteiger partial charge is 0.508 e. The third-order valence-electron chi connectivity index (χ3n) is 4.71. The van der Waals surface area contributed by atoms with Crippen LogP contribution in [-0.4, -0.2) is 45.1 Å². The first-order chi connectivity index (χ1) is 12.3. The molecule has 1 unspecified atom stereocenters. The number of nitrogens with zero attached hydrogens (tertiary/aromatic N) is 1. The molecule has 1 saturated heterocycles. The predicted molar refractivity (Wildman–Crippen MR) is 98.4 cm³/mol. The smallest absolute Gasteiger partial charge is 0.213 e. The Morgan fingerprint density at radius 2 is 1.73 bits per heavy atom. The van der Waals surface area contributed by atoms with Crippen molar-refractivity contribution < 1.29 is 21.9 Å². The van der Waals surface area contributed by atoms with E-state index in [1.807, 2.05) is 0 Å². The van der Waals surface area contributed by atoms with Crippen molar-refractivity contribution in [3.8, 4) is 5.75 Å². The Bertz CT molecular complexity index is 1000. The van der Waals surface area contributed by atoms with Crippen LogP contribution in [0.25, 0.3) is 0 Å². The third kappa shape index (κ3) is 3.49. The number of aromatic hydroxyl groups is 1. The molecule has 0 aliphatic carbocycles. The number of phenolic OH excluding ortho intramolecular Hbond substituents is 1. The Labute approximate surface area is 154 Å². The van der Waals surface area contributed by atoms with Crippen molar-refractivity contribution in [3.05, 3.63) is 54.1 Å². The van der Waals surface area contributed by atoms with E-state index in [2.05, 4.69) is 0 Å². The van der Waals surface area contributed by atoms with Gasteiger partial charge in [-0.1, -0.05) is 24.3 Å². The van der Waals surface area contributed by atoms with Gasteiger partial charge in [-0.3, -0.25) is 0 Å². The van der Waals surface area contributed by atoms with Gasteiger partial charge in [-0.2, -0.15) is 0 Å². The second-order valence-corrected chi connectivity index (χ2v) is 10.5. The van der Waals surface area contributed by atoms with E-state index in [1.165, 1.54) is 28.6 Å². The van der Waals surface area contributed by atoms with E-state index in [0.717, 1.165) is 0 Å². The maximum atomic E-state index is 12.6. The Hall–Kier alpha value is -1.90. The lowest BCUT2D eigenvalue weighted by Gasteiger charge is -2.16. The van der Waals surface area contributed by atoms with Crippen LogP contribution in [0.15, 0.2) is 58.3 Å². The van der Waals surface area contributed by atoms with Crippen molar-refractivity contribution in [1.82, 2.24) is 4.31 Å². The first-order valence-corrected chi connectivity index (χ1v) is 11.5. The van der Waals surface area contributed by atoms with Crippen molar-refractivity contribution in [2.24, 2.45) is 0 Å². The second kappa shape index (κ2) is 7.02. The average molecular weight is 396 g/mol. The van der Waals surface area contributed by atoms with E-state index in [9.17, 15) is 21.9 Å². The van der Waals surface area contributed by atoms with Crippen LogP contribution in [0.5, 0.6) is 5.75 Å². The molecule has 1 atom stereocenters. The van der Waals surface area contributed by atoms with Crippen LogP contribution in [0, 0.1) is 0 Å². The standard InChI is InChI=1S/C18H21NO5S2/c1-2-25(21,22)19-11-10-14(13-19)17-9-8-16(12-18(17)20)26(23,24)15-6-4-3-5-7-15/h3-9,12,14,20H,2,10-11,13H2,1H3. The molecule has 0 amide bonds. The Morgan fingerprint density at radius 3 is 2.35 bits per heavy atom. The zero-order valence-electron chi connectivity index (χ0n) is 14.4. The monoisotopic (exact) mass is 395 g/mol. The molecule has 0 spiro atoms. The lowest BCUT2D eigenvalue weighted by atomic mass is 9.98. The lowest BCUT2D eigenvalue weighted by molar-refractivity contribution is 0.452. The molecule has 1 aliphatic rings. The van der Waals surface area contributed by atoms with Crippen LogP contribution >= 0.6 is 0 Å². The molecule has 2 aromatic carbocycles. The van der Waals surface area contributed by atoms with Gasteiger partial charge in [0.1, 0.15) is 5.75 Å². The molecular formula is C18H21NO5S2. The summed E-state index contributed by atoms with van der Waals surface area (Å²) >= 11 is 0. The van der Waals surface area contributed by atoms with E-state index < -0.39 is 19.9 Å². The molecule has 0 radical (unpaired) electrons. The fraction of sp³-hybridized carbons (Fsp3) is 0.333. The molecule has 2 aromatic rings. The molecule has 1 aliphatic heterocycles. The minimum Gasteiger partial charge on any atom is -0.508 e. The molecule has 0 saturated carbocycles. The SMILES string of the molecule is CCS(=O)(=O)N1CCC(c2ccc(S(=O)(=O)c3ccccc3)cc2O)C1. The molecule has 1 heterocycles. The summed E-state index contributed by atoms with van der Waals surface area (Å²) in [6.45, 7) is 2.31. The molecule has 8 heteroatoms. The Balaban J connectivity index is 1.88. The van der Waals surface area contributed by atoms with Gasteiger partial charge in [0.05, 0.1) is 15.5 Å². The van der Waals surface area contributed by atoms with E-state index in [-0.39, 0.29) is 27.2 Å². The zero-order valence-corrected chi connectivity index (χ0v) is 16.0. The highest BCUT2D eigenvalue weighted by atomic mass is 32.2. The van der Waals surface area contributed by atoms with Crippen LogP contribution in [-0.2, 0) is 19.9 Å². The van der Waals surface area contributed by atoms with Crippen molar-refractivity contribution in [2.45, 2.75) is 29.1 Å². The number of hydrogen-bond donors (Lipinski definition) is 1. The van der Waals surface area contributed by atoms with Crippen LogP contribution in [0.4, 0.5) is 0 Å². The number of hydrogen-bond acceptors (Lipinski definition) is 5. The van der Waals surface area contributed by atoms with Crippen LogP contribution in [0.1, 0.15) is 24.8 Å². The highest BCUT2D eigenvalue weighted by Crippen LogP contribution is 2.36. The number of benzene rings is 2. The molecule has 1 fully saturated rings. The number of rotatable bonds is 5. The van der Waals surface area contributed by atoms with E-state index >= 15 is 0 Å². The van der Waals surface area contributed by atoms with Gasteiger partial charge in [-0.15, -0.1) is 0 Å². The number of sulfone groups is 1. The average Bonchev–Trinajstić information content (AvgIpc) is 3.13. The van der Waals surface area contributed by atoms with Gasteiger partial charge in [0.2, 0.25) is 19.9 Å². The predicted octanol–water partition coefficient (Wildman–Crippen LogP) is 2.36. The van der Waals surface area contributed by atoms with E-state index in [0.29, 0.717) is 25.1 Å². The number of phenols is 1. The van der Waals surface area contributed by atoms with Crippen molar-refractivity contribution in [2.75, 3.05) is 18.8 Å². The van der Waals surface area contributed by atoms with Gasteiger partial charge in [0.15, 0.2) is 0 Å². The molecule has 1 N–H and O–H groups in total. The normalized spacial score (nSPS) is 18.9. The van der Waals surface area contributed by atoms with Gasteiger partial charge >= 0.3 is 0 Å². The first-order valence-electron chi connectivity index (χ1n) is 8.36. The Morgan fingerprint density at radius 1 is 1.04 bits per heavy atom. The summed E-state index contributed by atoms with van der Waals surface area (Å²) in [6.07, 6.45) is 0.595. The van der Waals surface area contributed by atoms with Gasteiger partial charge in [0, 0.05) is 19.0 Å². The molecule has 26 heavy (non-hydrogen) atoms. The fourth-order valence-electron chi connectivity index (χ4n) is 3.19. The zero-order chi connectivity index (χ0) is 18.9. The second-order valence-electron chi connectivity index (χ2n) is 6.28. The summed E-state index contributed by atoms with van der Waals surface area (Å²) in [6, 6.07) is 12.3. The minimum atomic E-state index is -3.71.